The van der Waals surface area contributed by atoms with Crippen LogP contribution < -0.4 is 5.32 Å². The number of aromatic nitrogens is 1. The van der Waals surface area contributed by atoms with Crippen molar-refractivity contribution in [2.45, 2.75) is 12.8 Å². The number of piperidine rings is 1. The molecule has 4 nitrogen and oxygen atoms in total. The van der Waals surface area contributed by atoms with E-state index in [-0.39, 0.29) is 5.82 Å². The lowest BCUT2D eigenvalue weighted by Crippen LogP contribution is -2.32. The lowest BCUT2D eigenvalue weighted by molar-refractivity contribution is 0.225. The van der Waals surface area contributed by atoms with E-state index in [2.05, 4.69) is 22.2 Å². The van der Waals surface area contributed by atoms with E-state index in [1.165, 1.54) is 25.0 Å². The number of hydrogen-bond donors (Lipinski definition) is 1. The van der Waals surface area contributed by atoms with Crippen LogP contribution in [-0.4, -0.2) is 36.6 Å². The van der Waals surface area contributed by atoms with Crippen molar-refractivity contribution >= 4 is 17.1 Å². The number of nitrogens with zero attached hydrogens (tertiary/aromatic N) is 2. The Morgan fingerprint density at radius 1 is 1.42 bits per heavy atom. The Balaban J connectivity index is 1.62. The number of hydrogen-bond acceptors (Lipinski definition) is 4. The van der Waals surface area contributed by atoms with Gasteiger partial charge >= 0.3 is 0 Å². The minimum atomic E-state index is -0.289. The Morgan fingerprint density at radius 2 is 2.21 bits per heavy atom. The molecule has 1 fully saturated rings. The SMILES string of the molecule is CN1CCC(CNc2nc3cc(F)ccc3o2)CC1. The van der Waals surface area contributed by atoms with Gasteiger partial charge < -0.3 is 14.6 Å². The summed E-state index contributed by atoms with van der Waals surface area (Å²) in [6, 6.07) is 4.87. The zero-order chi connectivity index (χ0) is 13.2. The third kappa shape index (κ3) is 2.87. The van der Waals surface area contributed by atoms with Crippen molar-refractivity contribution in [3.8, 4) is 0 Å². The monoisotopic (exact) mass is 263 g/mol. The maximum atomic E-state index is 13.1. The second-order valence-electron chi connectivity index (χ2n) is 5.26. The second-order valence-corrected chi connectivity index (χ2v) is 5.26. The van der Waals surface area contributed by atoms with Crippen LogP contribution in [0.4, 0.5) is 10.4 Å². The van der Waals surface area contributed by atoms with Gasteiger partial charge in [-0.15, -0.1) is 0 Å². The normalized spacial score (nSPS) is 18.0. The average molecular weight is 263 g/mol. The summed E-state index contributed by atoms with van der Waals surface area (Å²) < 4.78 is 18.6. The van der Waals surface area contributed by atoms with Crippen LogP contribution in [0.5, 0.6) is 0 Å². The highest BCUT2D eigenvalue weighted by molar-refractivity contribution is 5.74. The number of benzene rings is 1. The fourth-order valence-electron chi connectivity index (χ4n) is 2.47. The molecule has 1 N–H and O–H groups in total. The first-order valence-electron chi connectivity index (χ1n) is 6.69. The summed E-state index contributed by atoms with van der Waals surface area (Å²) in [6.07, 6.45) is 2.39. The molecular formula is C14H18FN3O. The van der Waals surface area contributed by atoms with Gasteiger partial charge in [0.05, 0.1) is 0 Å². The molecular weight excluding hydrogens is 245 g/mol. The molecule has 1 aliphatic rings. The van der Waals surface area contributed by atoms with E-state index in [0.717, 1.165) is 19.6 Å². The third-order valence-electron chi connectivity index (χ3n) is 3.73. The van der Waals surface area contributed by atoms with Crippen LogP contribution in [-0.2, 0) is 0 Å². The van der Waals surface area contributed by atoms with Gasteiger partial charge in [-0.05, 0) is 51.0 Å². The van der Waals surface area contributed by atoms with E-state index in [0.29, 0.717) is 23.0 Å². The zero-order valence-corrected chi connectivity index (χ0v) is 11.0. The van der Waals surface area contributed by atoms with Gasteiger partial charge in [-0.25, -0.2) is 4.39 Å². The summed E-state index contributed by atoms with van der Waals surface area (Å²) in [6.45, 7) is 3.15. The van der Waals surface area contributed by atoms with Crippen molar-refractivity contribution < 1.29 is 8.81 Å². The van der Waals surface area contributed by atoms with Gasteiger partial charge in [0.25, 0.3) is 6.01 Å². The van der Waals surface area contributed by atoms with Gasteiger partial charge in [0.1, 0.15) is 11.3 Å². The minimum Gasteiger partial charge on any atom is -0.424 e. The Bertz CT molecular complexity index is 561. The van der Waals surface area contributed by atoms with E-state index in [1.54, 1.807) is 6.07 Å². The maximum Gasteiger partial charge on any atom is 0.295 e. The lowest BCUT2D eigenvalue weighted by atomic mass is 9.97. The highest BCUT2D eigenvalue weighted by atomic mass is 19.1. The molecule has 1 aromatic carbocycles. The highest BCUT2D eigenvalue weighted by Gasteiger charge is 2.17. The first-order valence-corrected chi connectivity index (χ1v) is 6.69. The molecule has 0 aliphatic carbocycles. The number of anilines is 1. The van der Waals surface area contributed by atoms with E-state index in [9.17, 15) is 4.39 Å². The largest absolute Gasteiger partial charge is 0.424 e. The van der Waals surface area contributed by atoms with Crippen LogP contribution in [0.1, 0.15) is 12.8 Å². The van der Waals surface area contributed by atoms with Crippen LogP contribution in [0.2, 0.25) is 0 Å². The number of halogens is 1. The molecule has 0 unspecified atom stereocenters. The summed E-state index contributed by atoms with van der Waals surface area (Å²) in [4.78, 5) is 6.59. The van der Waals surface area contributed by atoms with E-state index < -0.39 is 0 Å². The van der Waals surface area contributed by atoms with Gasteiger partial charge in [0.15, 0.2) is 5.58 Å². The molecule has 3 rings (SSSR count). The molecule has 1 aromatic heterocycles. The van der Waals surface area contributed by atoms with Crippen LogP contribution >= 0.6 is 0 Å². The molecule has 0 saturated carbocycles. The minimum absolute atomic E-state index is 0.289. The first-order chi connectivity index (χ1) is 9.20. The molecule has 0 amide bonds. The number of oxazole rings is 1. The van der Waals surface area contributed by atoms with Crippen LogP contribution in [0.15, 0.2) is 22.6 Å². The molecule has 102 valence electrons. The van der Waals surface area contributed by atoms with E-state index in [4.69, 9.17) is 4.42 Å². The quantitative estimate of drug-likeness (QED) is 0.924. The average Bonchev–Trinajstić information content (AvgIpc) is 2.80. The van der Waals surface area contributed by atoms with Crippen molar-refractivity contribution in [3.63, 3.8) is 0 Å². The van der Waals surface area contributed by atoms with Crippen molar-refractivity contribution in [2.24, 2.45) is 5.92 Å². The van der Waals surface area contributed by atoms with Crippen LogP contribution in [0, 0.1) is 11.7 Å². The van der Waals surface area contributed by atoms with Gasteiger partial charge in [-0.1, -0.05) is 0 Å². The molecule has 19 heavy (non-hydrogen) atoms. The Hall–Kier alpha value is -1.62. The molecule has 1 aliphatic heterocycles. The molecule has 0 spiro atoms. The summed E-state index contributed by atoms with van der Waals surface area (Å²) in [7, 11) is 2.15. The van der Waals surface area contributed by atoms with Crippen molar-refractivity contribution in [2.75, 3.05) is 32.0 Å². The lowest BCUT2D eigenvalue weighted by Gasteiger charge is -2.28. The highest BCUT2D eigenvalue weighted by Crippen LogP contribution is 2.21. The molecule has 0 bridgehead atoms. The van der Waals surface area contributed by atoms with E-state index in [1.807, 2.05) is 0 Å². The fraction of sp³-hybridized carbons (Fsp3) is 0.500. The molecule has 2 aromatic rings. The summed E-state index contributed by atoms with van der Waals surface area (Å²) in [5.74, 6) is 0.366. The van der Waals surface area contributed by atoms with Crippen molar-refractivity contribution in [1.82, 2.24) is 9.88 Å². The van der Waals surface area contributed by atoms with Crippen molar-refractivity contribution in [1.29, 1.82) is 0 Å². The number of nitrogens with one attached hydrogen (secondary N) is 1. The fourth-order valence-corrected chi connectivity index (χ4v) is 2.47. The number of rotatable bonds is 3. The Labute approximate surface area is 111 Å². The molecule has 0 atom stereocenters. The second kappa shape index (κ2) is 5.17. The summed E-state index contributed by atoms with van der Waals surface area (Å²) in [5.41, 5.74) is 1.18. The summed E-state index contributed by atoms with van der Waals surface area (Å²) >= 11 is 0. The van der Waals surface area contributed by atoms with Crippen LogP contribution in [0.3, 0.4) is 0 Å². The Morgan fingerprint density at radius 3 is 3.00 bits per heavy atom. The van der Waals surface area contributed by atoms with Crippen molar-refractivity contribution in [3.05, 3.63) is 24.0 Å². The summed E-state index contributed by atoms with van der Waals surface area (Å²) in [5, 5.41) is 3.22. The van der Waals surface area contributed by atoms with Gasteiger partial charge in [0.2, 0.25) is 0 Å². The maximum absolute atomic E-state index is 13.1. The number of fused-ring (bicyclic) bond motifs is 1. The predicted octanol–water partition coefficient (Wildman–Crippen LogP) is 2.72. The predicted molar refractivity (Wildman–Crippen MR) is 72.7 cm³/mol. The smallest absolute Gasteiger partial charge is 0.295 e. The molecule has 0 radical (unpaired) electrons. The Kier molecular flexibility index (Phi) is 3.38. The first kappa shape index (κ1) is 12.4. The van der Waals surface area contributed by atoms with Gasteiger partial charge in [-0.3, -0.25) is 0 Å². The topological polar surface area (TPSA) is 41.3 Å². The molecule has 2 heterocycles. The molecule has 5 heteroatoms. The van der Waals surface area contributed by atoms with Gasteiger partial charge in [0, 0.05) is 12.6 Å². The zero-order valence-electron chi connectivity index (χ0n) is 11.0. The standard InChI is InChI=1S/C14H18FN3O/c1-18-6-4-10(5-7-18)9-16-14-17-12-8-11(15)2-3-13(12)19-14/h2-3,8,10H,4-7,9H2,1H3,(H,16,17). The van der Waals surface area contributed by atoms with E-state index >= 15 is 0 Å². The number of likely N-dealkylation sites (tertiary alicyclic amines) is 1. The van der Waals surface area contributed by atoms with Gasteiger partial charge in [-0.2, -0.15) is 4.98 Å². The third-order valence-corrected chi connectivity index (χ3v) is 3.73. The molecule has 1 saturated heterocycles. The van der Waals surface area contributed by atoms with Crippen LogP contribution in [0.25, 0.3) is 11.1 Å².